The van der Waals surface area contributed by atoms with E-state index < -0.39 is 0 Å². The lowest BCUT2D eigenvalue weighted by molar-refractivity contribution is 0.0908. The highest BCUT2D eigenvalue weighted by Crippen LogP contribution is 2.38. The summed E-state index contributed by atoms with van der Waals surface area (Å²) in [7, 11) is 0. The average molecular weight is 344 g/mol. The molecule has 2 N–H and O–H groups in total. The van der Waals surface area contributed by atoms with Gasteiger partial charge in [0.25, 0.3) is 5.91 Å². The van der Waals surface area contributed by atoms with Gasteiger partial charge in [0.2, 0.25) is 5.89 Å². The number of Topliss-reactive ketones (excluding diaryl/α,β-unsaturated/α-hetero) is 1. The second kappa shape index (κ2) is 6.46. The number of aromatic nitrogens is 3. The van der Waals surface area contributed by atoms with Crippen LogP contribution >= 0.6 is 0 Å². The molecule has 7 nitrogen and oxygen atoms in total. The van der Waals surface area contributed by atoms with Crippen LogP contribution in [-0.2, 0) is 0 Å². The van der Waals surface area contributed by atoms with E-state index in [2.05, 4.69) is 20.4 Å². The molecule has 0 saturated heterocycles. The maximum Gasteiger partial charge on any atom is 0.268 e. The van der Waals surface area contributed by atoms with Crippen molar-refractivity contribution < 1.29 is 14.1 Å². The van der Waals surface area contributed by atoms with Crippen molar-refractivity contribution in [3.63, 3.8) is 0 Å². The highest BCUT2D eigenvalue weighted by atomic mass is 16.5. The quantitative estimate of drug-likeness (QED) is 0.784. The van der Waals surface area contributed by atoms with Crippen molar-refractivity contribution in [3.05, 3.63) is 34.2 Å². The molecule has 1 aliphatic rings. The molecule has 3 rings (SSSR count). The SMILES string of the molecule is CC(=O)c1c(C)[nH]c(C(=O)N[C@H](c2nc(C3CC3)no2)C(C)C)c1C. The molecule has 1 amide bonds. The summed E-state index contributed by atoms with van der Waals surface area (Å²) in [5.41, 5.74) is 2.33. The Morgan fingerprint density at radius 3 is 2.48 bits per heavy atom. The summed E-state index contributed by atoms with van der Waals surface area (Å²) in [5, 5.41) is 6.99. The number of amides is 1. The molecular formula is C18H24N4O3. The van der Waals surface area contributed by atoms with E-state index in [0.717, 1.165) is 18.7 Å². The van der Waals surface area contributed by atoms with Crippen LogP contribution < -0.4 is 5.32 Å². The average Bonchev–Trinajstić information content (AvgIpc) is 3.18. The molecule has 0 radical (unpaired) electrons. The van der Waals surface area contributed by atoms with Crippen molar-refractivity contribution in [3.8, 4) is 0 Å². The zero-order valence-electron chi connectivity index (χ0n) is 15.3. The van der Waals surface area contributed by atoms with Gasteiger partial charge in [0, 0.05) is 17.2 Å². The number of H-pyrrole nitrogens is 1. The van der Waals surface area contributed by atoms with Gasteiger partial charge in [-0.05, 0) is 45.1 Å². The molecule has 134 valence electrons. The molecule has 0 bridgehead atoms. The first-order valence-corrected chi connectivity index (χ1v) is 8.64. The number of hydrogen-bond acceptors (Lipinski definition) is 5. The number of ketones is 1. The van der Waals surface area contributed by atoms with Crippen LogP contribution in [0.1, 0.15) is 89.4 Å². The summed E-state index contributed by atoms with van der Waals surface area (Å²) in [6, 6.07) is -0.378. The lowest BCUT2D eigenvalue weighted by Gasteiger charge is -2.18. The highest BCUT2D eigenvalue weighted by Gasteiger charge is 2.32. The first-order valence-electron chi connectivity index (χ1n) is 8.64. The van der Waals surface area contributed by atoms with Crippen molar-refractivity contribution >= 4 is 11.7 Å². The third-order valence-corrected chi connectivity index (χ3v) is 4.64. The summed E-state index contributed by atoms with van der Waals surface area (Å²) in [6.45, 7) is 9.04. The third kappa shape index (κ3) is 3.36. The molecular weight excluding hydrogens is 320 g/mol. The lowest BCUT2D eigenvalue weighted by Crippen LogP contribution is -2.32. The van der Waals surface area contributed by atoms with Gasteiger partial charge in [-0.1, -0.05) is 19.0 Å². The van der Waals surface area contributed by atoms with Gasteiger partial charge in [0.15, 0.2) is 11.6 Å². The number of carbonyl (C=O) groups excluding carboxylic acids is 2. The van der Waals surface area contributed by atoms with Crippen molar-refractivity contribution in [2.24, 2.45) is 5.92 Å². The number of carbonyl (C=O) groups is 2. The normalized spacial score (nSPS) is 15.4. The predicted molar refractivity (Wildman–Crippen MR) is 91.6 cm³/mol. The standard InChI is InChI=1S/C18H24N4O3/c1-8(2)14(18-21-16(22-25-18)12-6-7-12)20-17(24)15-9(3)13(11(5)23)10(4)19-15/h8,12,14,19H,6-7H2,1-5H3,(H,20,24)/t14-/m0/s1. The minimum absolute atomic E-state index is 0.0586. The molecule has 1 aliphatic carbocycles. The molecule has 2 heterocycles. The lowest BCUT2D eigenvalue weighted by atomic mass is 10.0. The molecule has 0 spiro atoms. The summed E-state index contributed by atoms with van der Waals surface area (Å²) in [6.07, 6.45) is 2.18. The van der Waals surface area contributed by atoms with E-state index in [1.165, 1.54) is 6.92 Å². The molecule has 0 aromatic carbocycles. The summed E-state index contributed by atoms with van der Waals surface area (Å²) < 4.78 is 5.38. The minimum atomic E-state index is -0.378. The van der Waals surface area contributed by atoms with Crippen LogP contribution in [0.4, 0.5) is 0 Å². The van der Waals surface area contributed by atoms with Gasteiger partial charge in [-0.3, -0.25) is 9.59 Å². The predicted octanol–water partition coefficient (Wildman–Crippen LogP) is 3.22. The monoisotopic (exact) mass is 344 g/mol. The van der Waals surface area contributed by atoms with Crippen LogP contribution in [0.3, 0.4) is 0 Å². The maximum absolute atomic E-state index is 12.8. The first-order chi connectivity index (χ1) is 11.8. The Bertz CT molecular complexity index is 814. The summed E-state index contributed by atoms with van der Waals surface area (Å²) >= 11 is 0. The number of hydrogen-bond donors (Lipinski definition) is 2. The zero-order valence-corrected chi connectivity index (χ0v) is 15.3. The summed E-state index contributed by atoms with van der Waals surface area (Å²) in [5.74, 6) is 1.29. The van der Waals surface area contributed by atoms with Gasteiger partial charge < -0.3 is 14.8 Å². The van der Waals surface area contributed by atoms with E-state index in [9.17, 15) is 9.59 Å². The van der Waals surface area contributed by atoms with Gasteiger partial charge in [0.05, 0.1) is 0 Å². The Labute approximate surface area is 146 Å². The van der Waals surface area contributed by atoms with Crippen molar-refractivity contribution in [2.45, 2.75) is 59.4 Å². The van der Waals surface area contributed by atoms with E-state index in [4.69, 9.17) is 4.52 Å². The molecule has 2 aromatic rings. The third-order valence-electron chi connectivity index (χ3n) is 4.64. The number of aryl methyl sites for hydroxylation is 1. The molecule has 0 unspecified atom stereocenters. The van der Waals surface area contributed by atoms with E-state index in [-0.39, 0.29) is 23.7 Å². The zero-order chi connectivity index (χ0) is 18.3. The molecule has 1 fully saturated rings. The van der Waals surface area contributed by atoms with Crippen molar-refractivity contribution in [2.75, 3.05) is 0 Å². The molecule has 1 atom stereocenters. The van der Waals surface area contributed by atoms with Crippen molar-refractivity contribution in [1.82, 2.24) is 20.4 Å². The smallest absolute Gasteiger partial charge is 0.268 e. The van der Waals surface area contributed by atoms with Crippen LogP contribution in [0.5, 0.6) is 0 Å². The van der Waals surface area contributed by atoms with Crippen LogP contribution in [0.15, 0.2) is 4.52 Å². The Hall–Kier alpha value is -2.44. The fraction of sp³-hybridized carbons (Fsp3) is 0.556. The summed E-state index contributed by atoms with van der Waals surface area (Å²) in [4.78, 5) is 32.0. The largest absolute Gasteiger partial charge is 0.354 e. The van der Waals surface area contributed by atoms with E-state index in [1.54, 1.807) is 13.8 Å². The van der Waals surface area contributed by atoms with E-state index in [0.29, 0.717) is 34.3 Å². The van der Waals surface area contributed by atoms with Gasteiger partial charge in [-0.15, -0.1) is 0 Å². The number of nitrogens with one attached hydrogen (secondary N) is 2. The topological polar surface area (TPSA) is 101 Å². The fourth-order valence-electron chi connectivity index (χ4n) is 3.11. The second-order valence-corrected chi connectivity index (χ2v) is 7.14. The van der Waals surface area contributed by atoms with E-state index >= 15 is 0 Å². The number of rotatable bonds is 6. The Morgan fingerprint density at radius 1 is 1.28 bits per heavy atom. The van der Waals surface area contributed by atoms with Crippen LogP contribution in [-0.4, -0.2) is 26.8 Å². The van der Waals surface area contributed by atoms with Crippen LogP contribution in [0.25, 0.3) is 0 Å². The Morgan fingerprint density at radius 2 is 1.96 bits per heavy atom. The highest BCUT2D eigenvalue weighted by molar-refractivity contribution is 6.02. The fourth-order valence-corrected chi connectivity index (χ4v) is 3.11. The molecule has 2 aromatic heterocycles. The Balaban J connectivity index is 1.83. The second-order valence-electron chi connectivity index (χ2n) is 7.14. The van der Waals surface area contributed by atoms with Gasteiger partial charge in [0.1, 0.15) is 11.7 Å². The molecule has 1 saturated carbocycles. The van der Waals surface area contributed by atoms with E-state index in [1.807, 2.05) is 13.8 Å². The first kappa shape index (κ1) is 17.4. The Kier molecular flexibility index (Phi) is 4.49. The van der Waals surface area contributed by atoms with Crippen LogP contribution in [0.2, 0.25) is 0 Å². The molecule has 25 heavy (non-hydrogen) atoms. The minimum Gasteiger partial charge on any atom is -0.354 e. The maximum atomic E-state index is 12.8. The van der Waals surface area contributed by atoms with Crippen LogP contribution in [0, 0.1) is 19.8 Å². The number of nitrogens with zero attached hydrogens (tertiary/aromatic N) is 2. The molecule has 7 heteroatoms. The number of aromatic amines is 1. The van der Waals surface area contributed by atoms with Gasteiger partial charge >= 0.3 is 0 Å². The van der Waals surface area contributed by atoms with Crippen molar-refractivity contribution in [1.29, 1.82) is 0 Å². The van der Waals surface area contributed by atoms with Gasteiger partial charge in [-0.2, -0.15) is 4.98 Å². The van der Waals surface area contributed by atoms with Gasteiger partial charge in [-0.25, -0.2) is 0 Å². The molecule has 0 aliphatic heterocycles.